The zero-order valence-electron chi connectivity index (χ0n) is 18.5. The van der Waals surface area contributed by atoms with Gasteiger partial charge in [0.25, 0.3) is 5.91 Å². The fourth-order valence-corrected chi connectivity index (χ4v) is 4.57. The van der Waals surface area contributed by atoms with Crippen LogP contribution in [0, 0.1) is 16.7 Å². The molecule has 2 aliphatic rings. The van der Waals surface area contributed by atoms with E-state index in [1.54, 1.807) is 44.7 Å². The summed E-state index contributed by atoms with van der Waals surface area (Å²) in [6, 6.07) is 9.13. The first-order valence-corrected chi connectivity index (χ1v) is 10.6. The third-order valence-corrected chi connectivity index (χ3v) is 6.02. The number of rotatable bonds is 7. The predicted molar refractivity (Wildman–Crippen MR) is 125 cm³/mol. The minimum Gasteiger partial charge on any atom is -0.497 e. The van der Waals surface area contributed by atoms with Crippen molar-refractivity contribution in [2.75, 3.05) is 37.6 Å². The van der Waals surface area contributed by atoms with E-state index in [1.165, 1.54) is 6.21 Å². The smallest absolute Gasteiger partial charge is 0.256 e. The van der Waals surface area contributed by atoms with Crippen LogP contribution in [-0.2, 0) is 0 Å². The van der Waals surface area contributed by atoms with Crippen LogP contribution >= 0.6 is 0 Å². The van der Waals surface area contributed by atoms with E-state index in [4.69, 9.17) is 14.9 Å². The lowest BCUT2D eigenvalue weighted by Gasteiger charge is -2.42. The molecule has 2 saturated heterocycles. The van der Waals surface area contributed by atoms with E-state index in [0.29, 0.717) is 47.2 Å². The van der Waals surface area contributed by atoms with Crippen molar-refractivity contribution in [1.82, 2.24) is 9.88 Å². The van der Waals surface area contributed by atoms with Crippen molar-refractivity contribution in [1.29, 1.82) is 10.7 Å². The summed E-state index contributed by atoms with van der Waals surface area (Å²) < 4.78 is 10.8. The van der Waals surface area contributed by atoms with Gasteiger partial charge >= 0.3 is 0 Å². The van der Waals surface area contributed by atoms with Crippen LogP contribution in [0.25, 0.3) is 0 Å². The van der Waals surface area contributed by atoms with Gasteiger partial charge in [0, 0.05) is 43.7 Å². The SMILES string of the molecule is COc1ccc(C(=O)N2CC3CCC(C2)N3c2nccc(C#N)c2OC)c(NN=CC=N)c1. The van der Waals surface area contributed by atoms with Gasteiger partial charge in [0.2, 0.25) is 0 Å². The zero-order valence-corrected chi connectivity index (χ0v) is 18.5. The second-order valence-corrected chi connectivity index (χ2v) is 7.80. The Hall–Kier alpha value is -4.13. The maximum atomic E-state index is 13.5. The maximum Gasteiger partial charge on any atom is 0.256 e. The number of fused-ring (bicyclic) bond motifs is 2. The largest absolute Gasteiger partial charge is 0.497 e. The standard InChI is InChI=1S/C23H25N7O3/c1-32-18-5-6-19(20(11-18)28-27-10-8-24)23(31)29-13-16-3-4-17(14-29)30(16)22-21(33-2)15(12-25)7-9-26-22/h5-11,16-17,24,28H,3-4,13-14H2,1-2H3. The van der Waals surface area contributed by atoms with Crippen molar-refractivity contribution in [3.05, 3.63) is 41.6 Å². The van der Waals surface area contributed by atoms with Gasteiger partial charge in [-0.15, -0.1) is 0 Å². The third kappa shape index (κ3) is 4.17. The van der Waals surface area contributed by atoms with E-state index in [9.17, 15) is 10.1 Å². The van der Waals surface area contributed by atoms with Crippen LogP contribution in [0.2, 0.25) is 0 Å². The number of anilines is 2. The molecule has 0 aliphatic carbocycles. The number of amides is 1. The second-order valence-electron chi connectivity index (χ2n) is 7.80. The summed E-state index contributed by atoms with van der Waals surface area (Å²) in [5, 5.41) is 20.5. The summed E-state index contributed by atoms with van der Waals surface area (Å²) in [4.78, 5) is 22.1. The Bertz CT molecular complexity index is 1110. The third-order valence-electron chi connectivity index (χ3n) is 6.02. The molecule has 2 aliphatic heterocycles. The van der Waals surface area contributed by atoms with Gasteiger partial charge in [-0.3, -0.25) is 10.2 Å². The normalized spacial score (nSPS) is 19.3. The lowest BCUT2D eigenvalue weighted by molar-refractivity contribution is 0.0718. The Morgan fingerprint density at radius 1 is 1.27 bits per heavy atom. The molecule has 1 amide bonds. The molecule has 2 unspecified atom stereocenters. The number of carbonyl (C=O) groups excluding carboxylic acids is 1. The summed E-state index contributed by atoms with van der Waals surface area (Å²) in [6.07, 6.45) is 5.82. The first kappa shape index (κ1) is 22.1. The number of hydrazone groups is 1. The molecule has 170 valence electrons. The van der Waals surface area contributed by atoms with Crippen LogP contribution in [-0.4, -0.2) is 67.6 Å². The number of benzene rings is 1. The Labute approximate surface area is 191 Å². The molecule has 33 heavy (non-hydrogen) atoms. The van der Waals surface area contributed by atoms with Crippen LogP contribution in [0.5, 0.6) is 11.5 Å². The van der Waals surface area contributed by atoms with Gasteiger partial charge in [-0.25, -0.2) is 4.98 Å². The first-order chi connectivity index (χ1) is 16.1. The number of pyridine rings is 1. The first-order valence-electron chi connectivity index (χ1n) is 10.6. The molecule has 10 heteroatoms. The highest BCUT2D eigenvalue weighted by molar-refractivity contribution is 6.14. The average Bonchev–Trinajstić information content (AvgIpc) is 3.11. The fourth-order valence-electron chi connectivity index (χ4n) is 4.57. The van der Waals surface area contributed by atoms with E-state index >= 15 is 0 Å². The Morgan fingerprint density at radius 2 is 2.03 bits per heavy atom. The van der Waals surface area contributed by atoms with Gasteiger partial charge in [-0.2, -0.15) is 10.4 Å². The average molecular weight is 447 g/mol. The van der Waals surface area contributed by atoms with Crippen LogP contribution in [0.4, 0.5) is 11.5 Å². The molecule has 0 radical (unpaired) electrons. The molecule has 0 spiro atoms. The Balaban J connectivity index is 1.59. The molecular formula is C23H25N7O3. The van der Waals surface area contributed by atoms with E-state index in [-0.39, 0.29) is 18.0 Å². The van der Waals surface area contributed by atoms with Crippen molar-refractivity contribution in [3.63, 3.8) is 0 Å². The lowest BCUT2D eigenvalue weighted by Crippen LogP contribution is -2.55. The number of nitrogens with zero attached hydrogens (tertiary/aromatic N) is 5. The van der Waals surface area contributed by atoms with Gasteiger partial charge in [-0.05, 0) is 31.0 Å². The van der Waals surface area contributed by atoms with E-state index in [1.807, 2.05) is 4.90 Å². The van der Waals surface area contributed by atoms with Gasteiger partial charge in [-0.1, -0.05) is 0 Å². The second kappa shape index (κ2) is 9.56. The number of piperazine rings is 1. The summed E-state index contributed by atoms with van der Waals surface area (Å²) in [5.74, 6) is 1.62. The summed E-state index contributed by atoms with van der Waals surface area (Å²) in [7, 11) is 3.10. The molecule has 2 aromatic rings. The molecular weight excluding hydrogens is 422 g/mol. The van der Waals surface area contributed by atoms with Crippen LogP contribution < -0.4 is 19.8 Å². The van der Waals surface area contributed by atoms with Crippen molar-refractivity contribution in [2.45, 2.75) is 24.9 Å². The number of hydrogen-bond donors (Lipinski definition) is 2. The summed E-state index contributed by atoms with van der Waals surface area (Å²) >= 11 is 0. The molecule has 2 bridgehead atoms. The molecule has 2 atom stereocenters. The molecule has 4 rings (SSSR count). The van der Waals surface area contributed by atoms with Gasteiger partial charge in [0.1, 0.15) is 11.8 Å². The van der Waals surface area contributed by atoms with Crippen molar-refractivity contribution >= 4 is 29.8 Å². The molecule has 2 fully saturated rings. The minimum absolute atomic E-state index is 0.0774. The zero-order chi connectivity index (χ0) is 23.4. The fraction of sp³-hybridized carbons (Fsp3) is 0.348. The number of nitrogens with one attached hydrogen (secondary N) is 2. The molecule has 3 heterocycles. The topological polar surface area (TPSA) is 127 Å². The highest BCUT2D eigenvalue weighted by Gasteiger charge is 2.43. The Morgan fingerprint density at radius 3 is 2.67 bits per heavy atom. The molecule has 10 nitrogen and oxygen atoms in total. The number of hydrogen-bond acceptors (Lipinski definition) is 9. The summed E-state index contributed by atoms with van der Waals surface area (Å²) in [5.41, 5.74) is 4.27. The number of carbonyl (C=O) groups is 1. The molecule has 0 saturated carbocycles. The highest BCUT2D eigenvalue weighted by Crippen LogP contribution is 2.40. The molecule has 1 aromatic carbocycles. The van der Waals surface area contributed by atoms with Crippen LogP contribution in [0.3, 0.4) is 0 Å². The van der Waals surface area contributed by atoms with Crippen molar-refractivity contribution in [3.8, 4) is 17.6 Å². The number of likely N-dealkylation sites (tertiary alicyclic amines) is 1. The number of nitriles is 1. The van der Waals surface area contributed by atoms with E-state index < -0.39 is 0 Å². The van der Waals surface area contributed by atoms with E-state index in [2.05, 4.69) is 26.5 Å². The van der Waals surface area contributed by atoms with Crippen molar-refractivity contribution in [2.24, 2.45) is 5.10 Å². The quantitative estimate of drug-likeness (QED) is 0.493. The van der Waals surface area contributed by atoms with Crippen LogP contribution in [0.15, 0.2) is 35.6 Å². The van der Waals surface area contributed by atoms with Gasteiger partial charge < -0.3 is 24.7 Å². The lowest BCUT2D eigenvalue weighted by atomic mass is 10.1. The van der Waals surface area contributed by atoms with Crippen molar-refractivity contribution < 1.29 is 14.3 Å². The number of methoxy groups -OCH3 is 2. The monoisotopic (exact) mass is 447 g/mol. The number of aromatic nitrogens is 1. The maximum absolute atomic E-state index is 13.5. The molecule has 1 aromatic heterocycles. The van der Waals surface area contributed by atoms with E-state index in [0.717, 1.165) is 19.1 Å². The minimum atomic E-state index is -0.104. The Kier molecular flexibility index (Phi) is 6.40. The predicted octanol–water partition coefficient (Wildman–Crippen LogP) is 2.51. The molecule has 2 N–H and O–H groups in total. The van der Waals surface area contributed by atoms with Gasteiger partial charge in [0.15, 0.2) is 11.6 Å². The summed E-state index contributed by atoms with van der Waals surface area (Å²) in [6.45, 7) is 1.07. The number of ether oxygens (including phenoxy) is 2. The van der Waals surface area contributed by atoms with Crippen LogP contribution in [0.1, 0.15) is 28.8 Å². The van der Waals surface area contributed by atoms with Gasteiger partial charge in [0.05, 0.1) is 37.2 Å². The highest BCUT2D eigenvalue weighted by atomic mass is 16.5.